The van der Waals surface area contributed by atoms with Crippen molar-refractivity contribution in [1.82, 2.24) is 0 Å². The average Bonchev–Trinajstić information content (AvgIpc) is 3.44. The summed E-state index contributed by atoms with van der Waals surface area (Å²) in [6, 6.07) is 45.2. The molecular weight excluding hydrogens is 494 g/mol. The summed E-state index contributed by atoms with van der Waals surface area (Å²) >= 11 is 0. The molecule has 0 saturated heterocycles. The molecule has 8 rings (SSSR count). The van der Waals surface area contributed by atoms with Gasteiger partial charge < -0.3 is 0 Å². The molecule has 8 aromatic rings. The zero-order chi connectivity index (χ0) is 25.4. The molecule has 0 bridgehead atoms. The molecule has 2 atom stereocenters. The molecule has 180 valence electrons. The van der Waals surface area contributed by atoms with E-state index in [1.54, 1.807) is 10.2 Å². The van der Waals surface area contributed by atoms with Gasteiger partial charge in [0, 0.05) is 31.2 Å². The van der Waals surface area contributed by atoms with Gasteiger partial charge in [0.1, 0.15) is 0 Å². The maximum atomic E-state index is 2.49. The zero-order valence-electron chi connectivity index (χ0n) is 21.4. The first-order valence-corrected chi connectivity index (χ1v) is 16.7. The minimum absolute atomic E-state index is 0.444. The second kappa shape index (κ2) is 8.34. The van der Waals surface area contributed by atoms with E-state index >= 15 is 0 Å². The SMILES string of the molecule is Cp1c2cc(-c3ccccc3)ccc2c2c3ccccc3c3c4ccc(-c5ccccc5)cc4p(C)c3c21. The van der Waals surface area contributed by atoms with Crippen LogP contribution < -0.4 is 0 Å². The summed E-state index contributed by atoms with van der Waals surface area (Å²) in [5, 5.41) is 15.0. The molecule has 2 unspecified atom stereocenters. The summed E-state index contributed by atoms with van der Waals surface area (Å²) in [6.45, 7) is 4.98. The van der Waals surface area contributed by atoms with Gasteiger partial charge in [0.25, 0.3) is 0 Å². The van der Waals surface area contributed by atoms with Crippen molar-refractivity contribution in [3.8, 4) is 22.3 Å². The van der Waals surface area contributed by atoms with Crippen molar-refractivity contribution in [1.29, 1.82) is 0 Å². The van der Waals surface area contributed by atoms with Crippen molar-refractivity contribution in [3.05, 3.63) is 121 Å². The summed E-state index contributed by atoms with van der Waals surface area (Å²) in [5.41, 5.74) is 5.23. The van der Waals surface area contributed by atoms with Gasteiger partial charge in [0.05, 0.1) is 0 Å². The average molecular weight is 521 g/mol. The standard InChI is InChI=1S/C36H26P2/c1-37-31-21-25(23-11-5-3-6-12-23)17-19-29(31)33-27-15-9-10-16-28(27)34-30-20-18-26(24-13-7-4-8-14-24)22-32(30)38(2)36(34)35(33)37/h3-22H,1-2H3. The Labute approximate surface area is 224 Å². The van der Waals surface area contributed by atoms with Crippen molar-refractivity contribution in [2.75, 3.05) is 0 Å². The maximum Gasteiger partial charge on any atom is 0.0146 e. The topological polar surface area (TPSA) is 0 Å². The molecule has 2 heteroatoms. The van der Waals surface area contributed by atoms with E-state index < -0.39 is 15.1 Å². The van der Waals surface area contributed by atoms with Crippen molar-refractivity contribution >= 4 is 67.9 Å². The third-order valence-corrected chi connectivity index (χ3v) is 12.9. The normalized spacial score (nSPS) is 12.9. The van der Waals surface area contributed by atoms with E-state index in [0.717, 1.165) is 0 Å². The van der Waals surface area contributed by atoms with Crippen molar-refractivity contribution in [3.63, 3.8) is 0 Å². The van der Waals surface area contributed by atoms with Crippen LogP contribution in [0.1, 0.15) is 0 Å². The minimum atomic E-state index is -0.444. The molecule has 0 nitrogen and oxygen atoms in total. The van der Waals surface area contributed by atoms with Crippen LogP contribution in [0.4, 0.5) is 0 Å². The molecule has 0 aliphatic rings. The van der Waals surface area contributed by atoms with Crippen LogP contribution in [0.3, 0.4) is 0 Å². The van der Waals surface area contributed by atoms with Gasteiger partial charge in [-0.05, 0) is 69.3 Å². The highest BCUT2D eigenvalue weighted by molar-refractivity contribution is 7.65. The van der Waals surface area contributed by atoms with Crippen LogP contribution in [0.5, 0.6) is 0 Å². The molecule has 2 aromatic heterocycles. The summed E-state index contributed by atoms with van der Waals surface area (Å²) in [6.07, 6.45) is 0. The Hall–Kier alpha value is -3.82. The lowest BCUT2D eigenvalue weighted by atomic mass is 9.97. The van der Waals surface area contributed by atoms with Gasteiger partial charge in [-0.25, -0.2) is 0 Å². The fourth-order valence-corrected chi connectivity index (χ4v) is 11.7. The summed E-state index contributed by atoms with van der Waals surface area (Å²) in [7, 11) is -0.888. The van der Waals surface area contributed by atoms with E-state index in [2.05, 4.69) is 135 Å². The van der Waals surface area contributed by atoms with Crippen LogP contribution in [0.2, 0.25) is 0 Å². The molecule has 0 saturated carbocycles. The first-order chi connectivity index (χ1) is 18.7. The molecule has 0 fully saturated rings. The second-order valence-corrected chi connectivity index (χ2v) is 14.4. The Morgan fingerprint density at radius 2 is 0.763 bits per heavy atom. The molecule has 0 radical (unpaired) electrons. The van der Waals surface area contributed by atoms with Gasteiger partial charge >= 0.3 is 0 Å². The number of hydrogen-bond acceptors (Lipinski definition) is 0. The lowest BCUT2D eigenvalue weighted by Crippen LogP contribution is -1.79. The van der Waals surface area contributed by atoms with Gasteiger partial charge in [0.2, 0.25) is 0 Å². The Balaban J connectivity index is 1.54. The maximum absolute atomic E-state index is 2.49. The van der Waals surface area contributed by atoms with E-state index in [0.29, 0.717) is 0 Å². The Kier molecular flexibility index (Phi) is 4.87. The largest absolute Gasteiger partial charge is 0.111 e. The summed E-state index contributed by atoms with van der Waals surface area (Å²) in [4.78, 5) is 0. The molecule has 2 heterocycles. The number of fused-ring (bicyclic) bond motifs is 10. The van der Waals surface area contributed by atoms with Crippen LogP contribution in [-0.2, 0) is 13.3 Å². The van der Waals surface area contributed by atoms with E-state index in [4.69, 9.17) is 0 Å². The predicted molar refractivity (Wildman–Crippen MR) is 172 cm³/mol. The summed E-state index contributed by atoms with van der Waals surface area (Å²) in [5.74, 6) is 0. The van der Waals surface area contributed by atoms with E-state index in [1.807, 2.05) is 0 Å². The molecule has 0 aliphatic carbocycles. The fraction of sp³-hybridized carbons (Fsp3) is 0.0556. The fourth-order valence-electron chi connectivity index (χ4n) is 6.51. The van der Waals surface area contributed by atoms with E-state index in [1.165, 1.54) is 64.8 Å². The molecule has 0 spiro atoms. The number of aryl methyl sites for hydroxylation is 2. The molecule has 0 N–H and O–H groups in total. The smallest absolute Gasteiger partial charge is 0.0146 e. The van der Waals surface area contributed by atoms with Crippen molar-refractivity contribution in [2.24, 2.45) is 13.3 Å². The highest BCUT2D eigenvalue weighted by atomic mass is 31.1. The number of benzene rings is 6. The zero-order valence-corrected chi connectivity index (χ0v) is 23.2. The first kappa shape index (κ1) is 22.2. The predicted octanol–water partition coefficient (Wildman–Crippen LogP) is 11.8. The molecule has 38 heavy (non-hydrogen) atoms. The number of hydrogen-bond donors (Lipinski definition) is 0. The Bertz CT molecular complexity index is 2020. The molecule has 6 aromatic carbocycles. The third kappa shape index (κ3) is 3.06. The lowest BCUT2D eigenvalue weighted by Gasteiger charge is -2.07. The lowest BCUT2D eigenvalue weighted by molar-refractivity contribution is 1.66. The van der Waals surface area contributed by atoms with Crippen LogP contribution in [-0.4, -0.2) is 0 Å². The molecular formula is C36H26P2. The van der Waals surface area contributed by atoms with Crippen LogP contribution in [0.15, 0.2) is 121 Å². The van der Waals surface area contributed by atoms with Gasteiger partial charge in [-0.15, -0.1) is 15.1 Å². The molecule has 0 aliphatic heterocycles. The van der Waals surface area contributed by atoms with E-state index in [9.17, 15) is 0 Å². The van der Waals surface area contributed by atoms with Crippen LogP contribution in [0, 0.1) is 0 Å². The van der Waals surface area contributed by atoms with Crippen molar-refractivity contribution < 1.29 is 0 Å². The Morgan fingerprint density at radius 3 is 1.18 bits per heavy atom. The van der Waals surface area contributed by atoms with Gasteiger partial charge in [-0.3, -0.25) is 0 Å². The van der Waals surface area contributed by atoms with E-state index in [-0.39, 0.29) is 0 Å². The minimum Gasteiger partial charge on any atom is -0.111 e. The quantitative estimate of drug-likeness (QED) is 0.213. The van der Waals surface area contributed by atoms with Gasteiger partial charge in [0.15, 0.2) is 0 Å². The highest BCUT2D eigenvalue weighted by Crippen LogP contribution is 2.60. The second-order valence-electron chi connectivity index (χ2n) is 10.3. The van der Waals surface area contributed by atoms with Crippen molar-refractivity contribution in [2.45, 2.75) is 0 Å². The molecule has 0 amide bonds. The van der Waals surface area contributed by atoms with Crippen LogP contribution >= 0.6 is 15.1 Å². The third-order valence-electron chi connectivity index (χ3n) is 8.31. The highest BCUT2D eigenvalue weighted by Gasteiger charge is 2.21. The van der Waals surface area contributed by atoms with Crippen LogP contribution in [0.25, 0.3) is 75.0 Å². The van der Waals surface area contributed by atoms with Gasteiger partial charge in [-0.2, -0.15) is 0 Å². The number of rotatable bonds is 2. The Morgan fingerprint density at radius 1 is 0.368 bits per heavy atom. The summed E-state index contributed by atoms with van der Waals surface area (Å²) < 4.78 is 0. The monoisotopic (exact) mass is 520 g/mol. The first-order valence-electron chi connectivity index (χ1n) is 13.2. The van der Waals surface area contributed by atoms with Gasteiger partial charge in [-0.1, -0.05) is 109 Å².